The molecule has 0 unspecified atom stereocenters. The molecule has 1 N–H and O–H groups in total. The van der Waals surface area contributed by atoms with Crippen LogP contribution in [0.3, 0.4) is 0 Å². The minimum absolute atomic E-state index is 0.198. The quantitative estimate of drug-likeness (QED) is 0.745. The summed E-state index contributed by atoms with van der Waals surface area (Å²) >= 11 is 5.04. The normalized spacial score (nSPS) is 11.1. The molecule has 0 saturated heterocycles. The van der Waals surface area contributed by atoms with Crippen LogP contribution in [0, 0.1) is 0 Å². The number of imidazole rings is 1. The molecule has 0 atom stereocenters. The zero-order valence-electron chi connectivity index (χ0n) is 8.09. The van der Waals surface area contributed by atoms with Gasteiger partial charge in [0.25, 0.3) is 0 Å². The van der Waals surface area contributed by atoms with E-state index >= 15 is 0 Å². The van der Waals surface area contributed by atoms with Crippen LogP contribution < -0.4 is 0 Å². The van der Waals surface area contributed by atoms with E-state index in [1.54, 1.807) is 23.5 Å². The first-order valence-electron chi connectivity index (χ1n) is 4.66. The van der Waals surface area contributed by atoms with Gasteiger partial charge in [-0.2, -0.15) is 0 Å². The van der Waals surface area contributed by atoms with Gasteiger partial charge in [-0.05, 0) is 40.2 Å². The van der Waals surface area contributed by atoms with Crippen molar-refractivity contribution in [3.63, 3.8) is 0 Å². The van der Waals surface area contributed by atoms with Crippen molar-refractivity contribution in [1.82, 2.24) is 9.38 Å². The third-order valence-electron chi connectivity index (χ3n) is 2.29. The minimum atomic E-state index is 0.198. The molecule has 3 rings (SSSR count). The third kappa shape index (κ3) is 1.52. The molecule has 0 radical (unpaired) electrons. The lowest BCUT2D eigenvalue weighted by Gasteiger charge is -1.92. The molecular formula is C11H7BrN2OS. The molecule has 0 aliphatic carbocycles. The van der Waals surface area contributed by atoms with E-state index < -0.39 is 0 Å². The number of rotatable bonds is 1. The lowest BCUT2D eigenvalue weighted by atomic mass is 10.4. The molecule has 0 fully saturated rings. The van der Waals surface area contributed by atoms with Crippen molar-refractivity contribution in [2.24, 2.45) is 0 Å². The van der Waals surface area contributed by atoms with E-state index in [9.17, 15) is 5.11 Å². The van der Waals surface area contributed by atoms with Gasteiger partial charge in [-0.25, -0.2) is 4.98 Å². The Labute approximate surface area is 104 Å². The number of aromatic nitrogens is 2. The number of fused-ring (bicyclic) bond motifs is 1. The van der Waals surface area contributed by atoms with E-state index in [0.717, 1.165) is 14.4 Å². The molecule has 0 aliphatic heterocycles. The Bertz CT molecular complexity index is 659. The topological polar surface area (TPSA) is 37.5 Å². The fourth-order valence-electron chi connectivity index (χ4n) is 1.57. The maximum Gasteiger partial charge on any atom is 0.180 e. The number of hydrogen-bond donors (Lipinski definition) is 1. The summed E-state index contributed by atoms with van der Waals surface area (Å²) < 4.78 is 2.89. The molecule has 3 aromatic heterocycles. The molecule has 0 amide bonds. The lowest BCUT2D eigenvalue weighted by molar-refractivity contribution is 0.477. The van der Waals surface area contributed by atoms with Gasteiger partial charge in [-0.3, -0.25) is 0 Å². The Morgan fingerprint density at radius 1 is 1.31 bits per heavy atom. The van der Waals surface area contributed by atoms with E-state index in [1.165, 1.54) is 0 Å². The third-order valence-corrected chi connectivity index (χ3v) is 3.93. The molecule has 0 aromatic carbocycles. The van der Waals surface area contributed by atoms with Crippen LogP contribution in [0.2, 0.25) is 0 Å². The first-order valence-corrected chi connectivity index (χ1v) is 6.27. The van der Waals surface area contributed by atoms with Crippen molar-refractivity contribution in [2.45, 2.75) is 0 Å². The van der Waals surface area contributed by atoms with Gasteiger partial charge in [0.05, 0.1) is 14.4 Å². The Hall–Kier alpha value is -1.33. The second-order valence-corrected chi connectivity index (χ2v) is 5.82. The van der Waals surface area contributed by atoms with Crippen LogP contribution in [0.25, 0.3) is 16.2 Å². The Kier molecular flexibility index (Phi) is 2.22. The van der Waals surface area contributed by atoms with Crippen LogP contribution in [-0.4, -0.2) is 14.5 Å². The van der Waals surface area contributed by atoms with E-state index in [-0.39, 0.29) is 5.75 Å². The van der Waals surface area contributed by atoms with Gasteiger partial charge in [0.1, 0.15) is 0 Å². The zero-order chi connectivity index (χ0) is 11.1. The fourth-order valence-corrected chi connectivity index (χ4v) is 2.91. The molecule has 0 bridgehead atoms. The Morgan fingerprint density at radius 3 is 2.88 bits per heavy atom. The largest absolute Gasteiger partial charge is 0.504 e. The summed E-state index contributed by atoms with van der Waals surface area (Å²) in [5.74, 6) is 0.198. The van der Waals surface area contributed by atoms with Gasteiger partial charge in [0.15, 0.2) is 11.4 Å². The number of aromatic hydroxyl groups is 1. The summed E-state index contributed by atoms with van der Waals surface area (Å²) in [6, 6.07) is 7.42. The van der Waals surface area contributed by atoms with Crippen molar-refractivity contribution >= 4 is 32.9 Å². The highest BCUT2D eigenvalue weighted by atomic mass is 79.9. The van der Waals surface area contributed by atoms with Crippen molar-refractivity contribution < 1.29 is 5.11 Å². The Balaban J connectivity index is 2.22. The second-order valence-electron chi connectivity index (χ2n) is 3.35. The van der Waals surface area contributed by atoms with E-state index in [2.05, 4.69) is 20.9 Å². The SMILES string of the molecule is Oc1cccn2cc(-c3ccc(Br)s3)nc12. The maximum atomic E-state index is 9.65. The van der Waals surface area contributed by atoms with Crippen LogP contribution in [-0.2, 0) is 0 Å². The molecule has 0 saturated carbocycles. The highest BCUT2D eigenvalue weighted by Crippen LogP contribution is 2.31. The van der Waals surface area contributed by atoms with Crippen LogP contribution >= 0.6 is 27.3 Å². The maximum absolute atomic E-state index is 9.65. The molecule has 3 heterocycles. The van der Waals surface area contributed by atoms with Gasteiger partial charge in [-0.15, -0.1) is 11.3 Å². The van der Waals surface area contributed by atoms with E-state index in [0.29, 0.717) is 5.65 Å². The summed E-state index contributed by atoms with van der Waals surface area (Å²) in [7, 11) is 0. The number of nitrogens with zero attached hydrogens (tertiary/aromatic N) is 2. The average molecular weight is 295 g/mol. The standard InChI is InChI=1S/C11H7BrN2OS/c12-10-4-3-9(16-10)7-6-14-5-1-2-8(15)11(14)13-7/h1-6,15H. The van der Waals surface area contributed by atoms with Gasteiger partial charge in [0.2, 0.25) is 0 Å². The van der Waals surface area contributed by atoms with Gasteiger partial charge >= 0.3 is 0 Å². The summed E-state index contributed by atoms with van der Waals surface area (Å²) in [5, 5.41) is 9.65. The van der Waals surface area contributed by atoms with Crippen LogP contribution in [0.1, 0.15) is 0 Å². The summed E-state index contributed by atoms with van der Waals surface area (Å²) in [6.45, 7) is 0. The van der Waals surface area contributed by atoms with Crippen molar-refractivity contribution in [3.8, 4) is 16.3 Å². The first kappa shape index (κ1) is 9.86. The molecular weight excluding hydrogens is 288 g/mol. The molecule has 3 aromatic rings. The molecule has 16 heavy (non-hydrogen) atoms. The molecule has 0 spiro atoms. The minimum Gasteiger partial charge on any atom is -0.504 e. The zero-order valence-corrected chi connectivity index (χ0v) is 10.5. The lowest BCUT2D eigenvalue weighted by Crippen LogP contribution is -1.80. The summed E-state index contributed by atoms with van der Waals surface area (Å²) in [6.07, 6.45) is 3.78. The van der Waals surface area contributed by atoms with E-state index in [1.807, 2.05) is 28.9 Å². The molecule has 3 nitrogen and oxygen atoms in total. The monoisotopic (exact) mass is 294 g/mol. The summed E-state index contributed by atoms with van der Waals surface area (Å²) in [4.78, 5) is 5.48. The first-order chi connectivity index (χ1) is 7.74. The van der Waals surface area contributed by atoms with Crippen molar-refractivity contribution in [1.29, 1.82) is 0 Å². The number of pyridine rings is 1. The average Bonchev–Trinajstić information content (AvgIpc) is 2.84. The number of halogens is 1. The highest BCUT2D eigenvalue weighted by molar-refractivity contribution is 9.11. The smallest absolute Gasteiger partial charge is 0.180 e. The van der Waals surface area contributed by atoms with Crippen LogP contribution in [0.4, 0.5) is 0 Å². The Morgan fingerprint density at radius 2 is 2.19 bits per heavy atom. The van der Waals surface area contributed by atoms with Gasteiger partial charge < -0.3 is 9.51 Å². The predicted octanol–water partition coefficient (Wildman–Crippen LogP) is 3.53. The van der Waals surface area contributed by atoms with E-state index in [4.69, 9.17) is 0 Å². The fraction of sp³-hybridized carbons (Fsp3) is 0. The molecule has 5 heteroatoms. The molecule has 80 valence electrons. The van der Waals surface area contributed by atoms with Gasteiger partial charge in [0, 0.05) is 12.4 Å². The summed E-state index contributed by atoms with van der Waals surface area (Å²) in [5.41, 5.74) is 1.46. The van der Waals surface area contributed by atoms with Gasteiger partial charge in [-0.1, -0.05) is 0 Å². The van der Waals surface area contributed by atoms with Crippen molar-refractivity contribution in [3.05, 3.63) is 40.4 Å². The highest BCUT2D eigenvalue weighted by Gasteiger charge is 2.08. The predicted molar refractivity (Wildman–Crippen MR) is 67.9 cm³/mol. The number of hydrogen-bond acceptors (Lipinski definition) is 3. The van der Waals surface area contributed by atoms with Crippen molar-refractivity contribution in [2.75, 3.05) is 0 Å². The van der Waals surface area contributed by atoms with Crippen LogP contribution in [0.5, 0.6) is 5.75 Å². The number of thiophene rings is 1. The second kappa shape index (κ2) is 3.61. The molecule has 0 aliphatic rings. The van der Waals surface area contributed by atoms with Crippen LogP contribution in [0.15, 0.2) is 40.4 Å².